The van der Waals surface area contributed by atoms with E-state index in [1.807, 2.05) is 30.8 Å². The highest BCUT2D eigenvalue weighted by atomic mass is 127. The molecule has 0 saturated heterocycles. The molecule has 2 aromatic rings. The minimum Gasteiger partial charge on any atom is -0.493 e. The molecule has 0 bridgehead atoms. The summed E-state index contributed by atoms with van der Waals surface area (Å²) in [5.74, 6) is 2.52. The third kappa shape index (κ3) is 5.43. The number of aryl methyl sites for hydroxylation is 2. The summed E-state index contributed by atoms with van der Waals surface area (Å²) in [6.07, 6.45) is 0. The molecule has 0 fully saturated rings. The molecule has 0 aliphatic carbocycles. The number of aromatic nitrogens is 2. The fourth-order valence-corrected chi connectivity index (χ4v) is 2.89. The average Bonchev–Trinajstić information content (AvgIpc) is 2.92. The zero-order valence-electron chi connectivity index (χ0n) is 17.5. The molecule has 156 valence electrons. The lowest BCUT2D eigenvalue weighted by Gasteiger charge is -2.16. The number of aliphatic imine (C=N–C) groups is 1. The van der Waals surface area contributed by atoms with Crippen molar-refractivity contribution < 1.29 is 14.2 Å². The van der Waals surface area contributed by atoms with Gasteiger partial charge < -0.3 is 24.8 Å². The van der Waals surface area contributed by atoms with Crippen LogP contribution in [0.15, 0.2) is 17.1 Å². The molecule has 1 aromatic carbocycles. The van der Waals surface area contributed by atoms with E-state index >= 15 is 0 Å². The Morgan fingerprint density at radius 1 is 1.04 bits per heavy atom. The number of nitrogens with one attached hydrogen (secondary N) is 2. The standard InChI is InChI=1S/C19H29N5O3.HI/c1-12-15(13(2)24(4)23-12)11-22-19(20-3)21-10-14-8-16(25-5)18(27-7)17(9-14)26-6;/h8-9H,10-11H2,1-7H3,(H2,20,21,22);1H. The molecule has 0 unspecified atom stereocenters. The van der Waals surface area contributed by atoms with Crippen LogP contribution in [0.2, 0.25) is 0 Å². The Bertz CT molecular complexity index is 795. The number of nitrogens with zero attached hydrogens (tertiary/aromatic N) is 3. The van der Waals surface area contributed by atoms with Crippen molar-refractivity contribution in [2.45, 2.75) is 26.9 Å². The topological polar surface area (TPSA) is 81.9 Å². The predicted octanol–water partition coefficient (Wildman–Crippen LogP) is 2.55. The normalized spacial score (nSPS) is 10.9. The summed E-state index contributed by atoms with van der Waals surface area (Å²) in [5, 5.41) is 11.1. The largest absolute Gasteiger partial charge is 0.493 e. The van der Waals surface area contributed by atoms with Gasteiger partial charge in [-0.2, -0.15) is 5.10 Å². The molecule has 1 aromatic heterocycles. The smallest absolute Gasteiger partial charge is 0.203 e. The number of hydrogen-bond donors (Lipinski definition) is 2. The number of ether oxygens (including phenoxy) is 3. The lowest BCUT2D eigenvalue weighted by molar-refractivity contribution is 0.323. The molecule has 2 rings (SSSR count). The van der Waals surface area contributed by atoms with Crippen molar-refractivity contribution in [3.05, 3.63) is 34.6 Å². The lowest BCUT2D eigenvalue weighted by Crippen LogP contribution is -2.36. The van der Waals surface area contributed by atoms with E-state index in [4.69, 9.17) is 14.2 Å². The third-order valence-electron chi connectivity index (χ3n) is 4.50. The molecular formula is C19H30IN5O3. The molecule has 0 saturated carbocycles. The Morgan fingerprint density at radius 2 is 1.61 bits per heavy atom. The summed E-state index contributed by atoms with van der Waals surface area (Å²) in [6, 6.07) is 3.83. The van der Waals surface area contributed by atoms with Crippen LogP contribution in [-0.4, -0.2) is 44.1 Å². The maximum Gasteiger partial charge on any atom is 0.203 e. The van der Waals surface area contributed by atoms with Crippen molar-refractivity contribution >= 4 is 29.9 Å². The zero-order chi connectivity index (χ0) is 20.0. The number of benzene rings is 1. The van der Waals surface area contributed by atoms with E-state index in [1.54, 1.807) is 28.4 Å². The fourth-order valence-electron chi connectivity index (χ4n) is 2.89. The first-order valence-corrected chi connectivity index (χ1v) is 8.67. The maximum absolute atomic E-state index is 5.40. The van der Waals surface area contributed by atoms with E-state index in [0.717, 1.165) is 17.0 Å². The van der Waals surface area contributed by atoms with Crippen LogP contribution in [0.3, 0.4) is 0 Å². The number of halogens is 1. The fraction of sp³-hybridized carbons (Fsp3) is 0.474. The second-order valence-electron chi connectivity index (χ2n) is 6.09. The summed E-state index contributed by atoms with van der Waals surface area (Å²) in [5.41, 5.74) is 4.32. The van der Waals surface area contributed by atoms with E-state index in [1.165, 1.54) is 5.56 Å². The zero-order valence-corrected chi connectivity index (χ0v) is 19.9. The van der Waals surface area contributed by atoms with Gasteiger partial charge in [0.1, 0.15) is 0 Å². The van der Waals surface area contributed by atoms with Gasteiger partial charge in [0.2, 0.25) is 5.75 Å². The van der Waals surface area contributed by atoms with Crippen LogP contribution in [-0.2, 0) is 20.1 Å². The van der Waals surface area contributed by atoms with Gasteiger partial charge in [-0.1, -0.05) is 0 Å². The number of guanidine groups is 1. The molecule has 0 aliphatic rings. The van der Waals surface area contributed by atoms with Crippen molar-refractivity contribution in [3.63, 3.8) is 0 Å². The summed E-state index contributed by atoms with van der Waals surface area (Å²) < 4.78 is 18.0. The van der Waals surface area contributed by atoms with E-state index in [0.29, 0.717) is 36.3 Å². The third-order valence-corrected chi connectivity index (χ3v) is 4.50. The van der Waals surface area contributed by atoms with Gasteiger partial charge in [-0.15, -0.1) is 24.0 Å². The Hall–Kier alpha value is -2.17. The lowest BCUT2D eigenvalue weighted by atomic mass is 10.1. The van der Waals surface area contributed by atoms with Crippen molar-refractivity contribution in [2.75, 3.05) is 28.4 Å². The highest BCUT2D eigenvalue weighted by Crippen LogP contribution is 2.38. The van der Waals surface area contributed by atoms with Gasteiger partial charge in [-0.05, 0) is 31.5 Å². The molecule has 1 heterocycles. The number of hydrogen-bond acceptors (Lipinski definition) is 5. The Kier molecular flexibility index (Phi) is 9.36. The molecule has 0 spiro atoms. The SMILES string of the molecule is CN=C(NCc1cc(OC)c(OC)c(OC)c1)NCc1c(C)nn(C)c1C.I. The Morgan fingerprint density at radius 3 is 2.04 bits per heavy atom. The van der Waals surface area contributed by atoms with Crippen LogP contribution in [0.4, 0.5) is 0 Å². The van der Waals surface area contributed by atoms with Gasteiger partial charge in [-0.25, -0.2) is 0 Å². The van der Waals surface area contributed by atoms with Gasteiger partial charge in [0.05, 0.1) is 27.0 Å². The quantitative estimate of drug-likeness (QED) is 0.344. The van der Waals surface area contributed by atoms with Gasteiger partial charge in [-0.3, -0.25) is 9.67 Å². The van der Waals surface area contributed by atoms with Crippen LogP contribution in [0.1, 0.15) is 22.5 Å². The Labute approximate surface area is 183 Å². The second kappa shape index (κ2) is 11.0. The number of methoxy groups -OCH3 is 3. The predicted molar refractivity (Wildman–Crippen MR) is 121 cm³/mol. The first kappa shape index (κ1) is 23.9. The van der Waals surface area contributed by atoms with Gasteiger partial charge in [0, 0.05) is 38.4 Å². The van der Waals surface area contributed by atoms with Crippen LogP contribution < -0.4 is 24.8 Å². The summed E-state index contributed by atoms with van der Waals surface area (Å²) >= 11 is 0. The Balaban J connectivity index is 0.00000392. The minimum absolute atomic E-state index is 0. The molecule has 2 N–H and O–H groups in total. The van der Waals surface area contributed by atoms with Gasteiger partial charge >= 0.3 is 0 Å². The van der Waals surface area contributed by atoms with Crippen molar-refractivity contribution in [2.24, 2.45) is 12.0 Å². The maximum atomic E-state index is 5.40. The summed E-state index contributed by atoms with van der Waals surface area (Å²) in [7, 11) is 8.49. The second-order valence-corrected chi connectivity index (χ2v) is 6.09. The number of rotatable bonds is 7. The summed E-state index contributed by atoms with van der Waals surface area (Å²) in [6.45, 7) is 5.28. The molecule has 0 amide bonds. The van der Waals surface area contributed by atoms with Gasteiger partial charge in [0.25, 0.3) is 0 Å². The average molecular weight is 503 g/mol. The molecule has 8 nitrogen and oxygen atoms in total. The molecule has 0 radical (unpaired) electrons. The van der Waals surface area contributed by atoms with Crippen LogP contribution in [0.25, 0.3) is 0 Å². The summed E-state index contributed by atoms with van der Waals surface area (Å²) in [4.78, 5) is 4.28. The molecule has 0 atom stereocenters. The molecule has 0 aliphatic heterocycles. The molecule has 28 heavy (non-hydrogen) atoms. The van der Waals surface area contributed by atoms with E-state index in [2.05, 4.69) is 27.6 Å². The highest BCUT2D eigenvalue weighted by Gasteiger charge is 2.14. The van der Waals surface area contributed by atoms with E-state index in [-0.39, 0.29) is 24.0 Å². The molecular weight excluding hydrogens is 473 g/mol. The van der Waals surface area contributed by atoms with Gasteiger partial charge in [0.15, 0.2) is 17.5 Å². The van der Waals surface area contributed by atoms with E-state index < -0.39 is 0 Å². The van der Waals surface area contributed by atoms with Crippen LogP contribution in [0.5, 0.6) is 17.2 Å². The van der Waals surface area contributed by atoms with Crippen molar-refractivity contribution in [1.29, 1.82) is 0 Å². The van der Waals surface area contributed by atoms with E-state index in [9.17, 15) is 0 Å². The minimum atomic E-state index is 0. The van der Waals surface area contributed by atoms with Crippen LogP contribution >= 0.6 is 24.0 Å². The highest BCUT2D eigenvalue weighted by molar-refractivity contribution is 14.0. The van der Waals surface area contributed by atoms with Crippen molar-refractivity contribution in [1.82, 2.24) is 20.4 Å². The van der Waals surface area contributed by atoms with Crippen molar-refractivity contribution in [3.8, 4) is 17.2 Å². The monoisotopic (exact) mass is 503 g/mol. The first-order valence-electron chi connectivity index (χ1n) is 8.67. The van der Waals surface area contributed by atoms with Crippen LogP contribution in [0, 0.1) is 13.8 Å². The first-order chi connectivity index (χ1) is 12.9. The molecule has 9 heteroatoms.